The van der Waals surface area contributed by atoms with Gasteiger partial charge in [0.1, 0.15) is 5.54 Å². The van der Waals surface area contributed by atoms with E-state index in [9.17, 15) is 9.90 Å². The Bertz CT molecular complexity index is 359. The molecule has 2 aliphatic rings. The summed E-state index contributed by atoms with van der Waals surface area (Å²) in [5.41, 5.74) is -0.213. The van der Waals surface area contributed by atoms with E-state index in [1.54, 1.807) is 7.05 Å². The van der Waals surface area contributed by atoms with Crippen molar-refractivity contribution in [3.8, 4) is 0 Å². The van der Waals surface area contributed by atoms with Crippen molar-refractivity contribution in [3.63, 3.8) is 0 Å². The van der Waals surface area contributed by atoms with E-state index >= 15 is 0 Å². The van der Waals surface area contributed by atoms with Gasteiger partial charge in [-0.05, 0) is 64.5 Å². The van der Waals surface area contributed by atoms with Gasteiger partial charge in [0.05, 0.1) is 0 Å². The first kappa shape index (κ1) is 15.8. The maximum Gasteiger partial charge on any atom is 0.323 e. The molecule has 4 nitrogen and oxygen atoms in total. The average molecular weight is 282 g/mol. The molecule has 0 radical (unpaired) electrons. The fourth-order valence-corrected chi connectivity index (χ4v) is 3.98. The van der Waals surface area contributed by atoms with Gasteiger partial charge >= 0.3 is 5.97 Å². The zero-order chi connectivity index (χ0) is 15.0. The number of hydrogen-bond donors (Lipinski definition) is 2. The second-order valence-corrected chi connectivity index (χ2v) is 7.59. The summed E-state index contributed by atoms with van der Waals surface area (Å²) in [5.74, 6) is -0.694. The van der Waals surface area contributed by atoms with Crippen molar-refractivity contribution >= 4 is 5.97 Å². The number of carboxylic acid groups (broad SMARTS) is 1. The van der Waals surface area contributed by atoms with Crippen LogP contribution >= 0.6 is 0 Å². The van der Waals surface area contributed by atoms with Gasteiger partial charge in [0, 0.05) is 12.1 Å². The van der Waals surface area contributed by atoms with E-state index in [1.807, 2.05) is 0 Å². The zero-order valence-corrected chi connectivity index (χ0v) is 13.4. The van der Waals surface area contributed by atoms with Crippen molar-refractivity contribution in [2.45, 2.75) is 76.4 Å². The molecule has 2 saturated carbocycles. The van der Waals surface area contributed by atoms with Crippen LogP contribution in [0.3, 0.4) is 0 Å². The average Bonchev–Trinajstić information content (AvgIpc) is 2.83. The number of carboxylic acids is 1. The third-order valence-electron chi connectivity index (χ3n) is 5.84. The molecule has 2 fully saturated rings. The molecule has 2 unspecified atom stereocenters. The molecule has 0 amide bonds. The number of hydrogen-bond acceptors (Lipinski definition) is 3. The third-order valence-corrected chi connectivity index (χ3v) is 5.84. The van der Waals surface area contributed by atoms with E-state index in [1.165, 1.54) is 25.7 Å². The van der Waals surface area contributed by atoms with Gasteiger partial charge in [0.2, 0.25) is 0 Å². The number of likely N-dealkylation sites (N-methyl/N-ethyl adjacent to an activating group) is 1. The van der Waals surface area contributed by atoms with Crippen molar-refractivity contribution in [2.75, 3.05) is 14.1 Å². The molecule has 116 valence electrons. The highest BCUT2D eigenvalue weighted by Crippen LogP contribution is 2.40. The predicted octanol–water partition coefficient (Wildman–Crippen LogP) is 2.48. The molecule has 0 aromatic carbocycles. The highest BCUT2D eigenvalue weighted by atomic mass is 16.4. The van der Waals surface area contributed by atoms with E-state index in [2.05, 4.69) is 31.1 Å². The highest BCUT2D eigenvalue weighted by molar-refractivity contribution is 5.79. The van der Waals surface area contributed by atoms with E-state index in [0.717, 1.165) is 19.3 Å². The zero-order valence-electron chi connectivity index (χ0n) is 13.4. The Morgan fingerprint density at radius 3 is 2.15 bits per heavy atom. The number of aliphatic carboxylic acids is 1. The van der Waals surface area contributed by atoms with Crippen molar-refractivity contribution < 1.29 is 9.90 Å². The SMILES string of the molecule is CNC1(C(=O)O)CCC(N(C)C2CCC(C)(C)CC2)C1. The Kier molecular flexibility index (Phi) is 4.45. The molecular weight excluding hydrogens is 252 g/mol. The standard InChI is InChI=1S/C16H30N2O2/c1-15(2)8-5-12(6-9-15)18(4)13-7-10-16(11-13,17-3)14(19)20/h12-13,17H,5-11H2,1-4H3,(H,19,20). The molecule has 2 rings (SSSR count). The fourth-order valence-electron chi connectivity index (χ4n) is 3.98. The predicted molar refractivity (Wildman–Crippen MR) is 80.9 cm³/mol. The van der Waals surface area contributed by atoms with Crippen molar-refractivity contribution in [3.05, 3.63) is 0 Å². The summed E-state index contributed by atoms with van der Waals surface area (Å²) < 4.78 is 0. The molecular formula is C16H30N2O2. The number of nitrogens with zero attached hydrogens (tertiary/aromatic N) is 1. The van der Waals surface area contributed by atoms with Crippen LogP contribution < -0.4 is 5.32 Å². The summed E-state index contributed by atoms with van der Waals surface area (Å²) in [5, 5.41) is 12.5. The van der Waals surface area contributed by atoms with Crippen molar-refractivity contribution in [1.29, 1.82) is 0 Å². The van der Waals surface area contributed by atoms with Crippen molar-refractivity contribution in [1.82, 2.24) is 10.2 Å². The lowest BCUT2D eigenvalue weighted by atomic mass is 9.75. The van der Waals surface area contributed by atoms with Crippen LogP contribution in [0.2, 0.25) is 0 Å². The summed E-state index contributed by atoms with van der Waals surface area (Å²) in [4.78, 5) is 14.0. The lowest BCUT2D eigenvalue weighted by Gasteiger charge is -2.41. The Hall–Kier alpha value is -0.610. The first-order valence-electron chi connectivity index (χ1n) is 7.94. The second-order valence-electron chi connectivity index (χ2n) is 7.59. The van der Waals surface area contributed by atoms with Crippen LogP contribution in [0, 0.1) is 5.41 Å². The van der Waals surface area contributed by atoms with Gasteiger partial charge in [0.15, 0.2) is 0 Å². The smallest absolute Gasteiger partial charge is 0.323 e. The Morgan fingerprint density at radius 2 is 1.70 bits per heavy atom. The topological polar surface area (TPSA) is 52.6 Å². The monoisotopic (exact) mass is 282 g/mol. The molecule has 0 bridgehead atoms. The molecule has 4 heteroatoms. The van der Waals surface area contributed by atoms with Crippen LogP contribution in [-0.4, -0.2) is 47.7 Å². The number of carbonyl (C=O) groups is 1. The summed E-state index contributed by atoms with van der Waals surface area (Å²) >= 11 is 0. The highest BCUT2D eigenvalue weighted by Gasteiger charge is 2.46. The molecule has 2 N–H and O–H groups in total. The molecule has 2 aliphatic carbocycles. The minimum absolute atomic E-state index is 0.407. The van der Waals surface area contributed by atoms with E-state index in [4.69, 9.17) is 0 Å². The van der Waals surface area contributed by atoms with Gasteiger partial charge < -0.3 is 15.3 Å². The maximum atomic E-state index is 11.5. The fraction of sp³-hybridized carbons (Fsp3) is 0.938. The third kappa shape index (κ3) is 3.01. The molecule has 0 aromatic rings. The molecule has 0 aromatic heterocycles. The molecule has 0 aliphatic heterocycles. The summed E-state index contributed by atoms with van der Waals surface area (Å²) in [6.07, 6.45) is 7.53. The summed E-state index contributed by atoms with van der Waals surface area (Å²) in [6, 6.07) is 1.04. The number of nitrogens with one attached hydrogen (secondary N) is 1. The van der Waals surface area contributed by atoms with Crippen molar-refractivity contribution in [2.24, 2.45) is 5.41 Å². The van der Waals surface area contributed by atoms with Gasteiger partial charge in [-0.3, -0.25) is 4.79 Å². The minimum atomic E-state index is -0.702. The van der Waals surface area contributed by atoms with E-state index < -0.39 is 11.5 Å². The summed E-state index contributed by atoms with van der Waals surface area (Å²) in [6.45, 7) is 4.71. The lowest BCUT2D eigenvalue weighted by Crippen LogP contribution is -2.50. The van der Waals surface area contributed by atoms with Crippen LogP contribution in [0.25, 0.3) is 0 Å². The van der Waals surface area contributed by atoms with Gasteiger partial charge in [-0.25, -0.2) is 0 Å². The van der Waals surface area contributed by atoms with Crippen LogP contribution in [0.5, 0.6) is 0 Å². The normalized spacial score (nSPS) is 34.5. The first-order chi connectivity index (χ1) is 9.30. The Morgan fingerprint density at radius 1 is 1.15 bits per heavy atom. The minimum Gasteiger partial charge on any atom is -0.480 e. The Labute approximate surface area is 122 Å². The quantitative estimate of drug-likeness (QED) is 0.832. The van der Waals surface area contributed by atoms with Gasteiger partial charge in [0.25, 0.3) is 0 Å². The van der Waals surface area contributed by atoms with Crippen LogP contribution in [-0.2, 0) is 4.79 Å². The first-order valence-corrected chi connectivity index (χ1v) is 7.94. The van der Waals surface area contributed by atoms with Crippen LogP contribution in [0.1, 0.15) is 58.8 Å². The van der Waals surface area contributed by atoms with Gasteiger partial charge in [-0.15, -0.1) is 0 Å². The molecule has 0 saturated heterocycles. The van der Waals surface area contributed by atoms with Gasteiger partial charge in [-0.1, -0.05) is 13.8 Å². The molecule has 2 atom stereocenters. The maximum absolute atomic E-state index is 11.5. The lowest BCUT2D eigenvalue weighted by molar-refractivity contribution is -0.144. The van der Waals surface area contributed by atoms with Crippen LogP contribution in [0.4, 0.5) is 0 Å². The molecule has 20 heavy (non-hydrogen) atoms. The Balaban J connectivity index is 1.95. The second kappa shape index (κ2) is 5.64. The van der Waals surface area contributed by atoms with Crippen LogP contribution in [0.15, 0.2) is 0 Å². The molecule has 0 spiro atoms. The molecule has 0 heterocycles. The largest absolute Gasteiger partial charge is 0.480 e. The summed E-state index contributed by atoms with van der Waals surface area (Å²) in [7, 11) is 3.97. The van der Waals surface area contributed by atoms with E-state index in [0.29, 0.717) is 17.5 Å². The number of rotatable bonds is 4. The van der Waals surface area contributed by atoms with E-state index in [-0.39, 0.29) is 0 Å². The van der Waals surface area contributed by atoms with Gasteiger partial charge in [-0.2, -0.15) is 0 Å².